The highest BCUT2D eigenvalue weighted by atomic mass is 35.5. The average molecular weight is 337 g/mol. The molecule has 0 N–H and O–H groups in total. The quantitative estimate of drug-likeness (QED) is 0.452. The monoisotopic (exact) mass is 336 g/mol. The maximum absolute atomic E-state index is 12.5. The van der Waals surface area contributed by atoms with E-state index in [1.54, 1.807) is 17.0 Å². The molecule has 0 aliphatic heterocycles. The van der Waals surface area contributed by atoms with Gasteiger partial charge in [-0.15, -0.1) is 17.9 Å². The molecule has 0 saturated heterocycles. The lowest BCUT2D eigenvalue weighted by Gasteiger charge is -2.20. The Morgan fingerprint density at radius 1 is 1.32 bits per heavy atom. The summed E-state index contributed by atoms with van der Waals surface area (Å²) >= 11 is 7.30. The van der Waals surface area contributed by atoms with Gasteiger partial charge in [0.25, 0.3) is 11.6 Å². The predicted molar refractivity (Wildman–Crippen MR) is 87.4 cm³/mol. The van der Waals surface area contributed by atoms with E-state index >= 15 is 0 Å². The third-order valence-electron chi connectivity index (χ3n) is 2.94. The molecule has 0 unspecified atom stereocenters. The first-order valence-electron chi connectivity index (χ1n) is 6.40. The number of carbonyl (C=O) groups is 1. The van der Waals surface area contributed by atoms with Gasteiger partial charge in [0.2, 0.25) is 0 Å². The van der Waals surface area contributed by atoms with Crippen molar-refractivity contribution in [3.05, 3.63) is 73.9 Å². The van der Waals surface area contributed by atoms with E-state index < -0.39 is 4.92 Å². The molecule has 0 atom stereocenters. The minimum Gasteiger partial charge on any atom is -0.330 e. The zero-order valence-electron chi connectivity index (χ0n) is 11.6. The SMILES string of the molecule is C=CCN(Cc1ccc(Cl)s1)C(=O)c1ccc([N+](=O)[O-])cc1. The number of benzene rings is 1. The van der Waals surface area contributed by atoms with Crippen molar-refractivity contribution in [3.63, 3.8) is 0 Å². The summed E-state index contributed by atoms with van der Waals surface area (Å²) in [5.41, 5.74) is 0.354. The number of hydrogen-bond acceptors (Lipinski definition) is 4. The summed E-state index contributed by atoms with van der Waals surface area (Å²) in [6, 6.07) is 9.20. The highest BCUT2D eigenvalue weighted by molar-refractivity contribution is 7.16. The van der Waals surface area contributed by atoms with E-state index in [0.29, 0.717) is 23.0 Å². The molecule has 114 valence electrons. The summed E-state index contributed by atoms with van der Waals surface area (Å²) in [7, 11) is 0. The Labute approximate surface area is 136 Å². The number of rotatable bonds is 6. The fourth-order valence-electron chi connectivity index (χ4n) is 1.91. The first kappa shape index (κ1) is 16.2. The molecule has 1 aromatic carbocycles. The maximum Gasteiger partial charge on any atom is 0.269 e. The molecule has 1 aromatic heterocycles. The number of amides is 1. The number of carbonyl (C=O) groups excluding carboxylic acids is 1. The van der Waals surface area contributed by atoms with Crippen LogP contribution in [0.2, 0.25) is 4.34 Å². The van der Waals surface area contributed by atoms with E-state index in [9.17, 15) is 14.9 Å². The van der Waals surface area contributed by atoms with Gasteiger partial charge < -0.3 is 4.90 Å². The largest absolute Gasteiger partial charge is 0.330 e. The zero-order chi connectivity index (χ0) is 16.1. The van der Waals surface area contributed by atoms with Crippen LogP contribution in [0.5, 0.6) is 0 Å². The van der Waals surface area contributed by atoms with Crippen molar-refractivity contribution in [2.75, 3.05) is 6.54 Å². The molecule has 0 aliphatic rings. The topological polar surface area (TPSA) is 63.5 Å². The molecule has 5 nitrogen and oxygen atoms in total. The molecule has 0 spiro atoms. The van der Waals surface area contributed by atoms with Gasteiger partial charge in [0.05, 0.1) is 15.8 Å². The van der Waals surface area contributed by atoms with E-state index in [-0.39, 0.29) is 11.6 Å². The minimum absolute atomic E-state index is 0.0446. The summed E-state index contributed by atoms with van der Waals surface area (Å²) in [5.74, 6) is -0.209. The predicted octanol–water partition coefficient (Wildman–Crippen LogP) is 4.14. The summed E-state index contributed by atoms with van der Waals surface area (Å²) < 4.78 is 0.663. The summed E-state index contributed by atoms with van der Waals surface area (Å²) in [6.45, 7) is 4.45. The number of nitro groups is 1. The first-order valence-corrected chi connectivity index (χ1v) is 7.59. The molecule has 1 heterocycles. The molecular weight excluding hydrogens is 324 g/mol. The Bertz CT molecular complexity index is 697. The van der Waals surface area contributed by atoms with Crippen molar-refractivity contribution in [2.24, 2.45) is 0 Å². The van der Waals surface area contributed by atoms with Crippen molar-refractivity contribution in [1.29, 1.82) is 0 Å². The molecule has 0 radical (unpaired) electrons. The van der Waals surface area contributed by atoms with Crippen LogP contribution in [0, 0.1) is 10.1 Å². The Morgan fingerprint density at radius 2 is 2.00 bits per heavy atom. The summed E-state index contributed by atoms with van der Waals surface area (Å²) in [5, 5.41) is 10.6. The van der Waals surface area contributed by atoms with Gasteiger partial charge in [0.15, 0.2) is 0 Å². The molecule has 0 fully saturated rings. The van der Waals surface area contributed by atoms with Gasteiger partial charge in [-0.3, -0.25) is 14.9 Å². The second-order valence-electron chi connectivity index (χ2n) is 4.48. The maximum atomic E-state index is 12.5. The molecule has 22 heavy (non-hydrogen) atoms. The third kappa shape index (κ3) is 3.93. The van der Waals surface area contributed by atoms with Gasteiger partial charge in [0.1, 0.15) is 0 Å². The molecule has 7 heteroatoms. The number of non-ortho nitro benzene ring substituents is 1. The van der Waals surface area contributed by atoms with Crippen molar-refractivity contribution in [2.45, 2.75) is 6.54 Å². The van der Waals surface area contributed by atoms with Gasteiger partial charge >= 0.3 is 0 Å². The molecule has 0 aliphatic carbocycles. The lowest BCUT2D eigenvalue weighted by atomic mass is 10.1. The molecule has 0 saturated carbocycles. The van der Waals surface area contributed by atoms with Gasteiger partial charge in [-0.2, -0.15) is 0 Å². The van der Waals surface area contributed by atoms with Crippen LogP contribution < -0.4 is 0 Å². The van der Waals surface area contributed by atoms with E-state index in [1.807, 2.05) is 6.07 Å². The van der Waals surface area contributed by atoms with Crippen molar-refractivity contribution < 1.29 is 9.72 Å². The van der Waals surface area contributed by atoms with Crippen LogP contribution in [0.3, 0.4) is 0 Å². The third-order valence-corrected chi connectivity index (χ3v) is 4.15. The summed E-state index contributed by atoms with van der Waals surface area (Å²) in [6.07, 6.45) is 1.64. The van der Waals surface area contributed by atoms with Crippen LogP contribution >= 0.6 is 22.9 Å². The van der Waals surface area contributed by atoms with Crippen molar-refractivity contribution >= 4 is 34.5 Å². The van der Waals surface area contributed by atoms with Gasteiger partial charge in [-0.25, -0.2) is 0 Å². The standard InChI is InChI=1S/C15H13ClN2O3S/c1-2-9-17(10-13-7-8-14(16)22-13)15(19)11-3-5-12(6-4-11)18(20)21/h2-8H,1,9-10H2. The van der Waals surface area contributed by atoms with Crippen LogP contribution in [0.1, 0.15) is 15.2 Å². The van der Waals surface area contributed by atoms with Crippen LogP contribution in [-0.2, 0) is 6.54 Å². The first-order chi connectivity index (χ1) is 10.5. The Balaban J connectivity index is 2.18. The Morgan fingerprint density at radius 3 is 2.50 bits per heavy atom. The minimum atomic E-state index is -0.497. The van der Waals surface area contributed by atoms with E-state index in [2.05, 4.69) is 6.58 Å². The molecule has 2 rings (SSSR count). The lowest BCUT2D eigenvalue weighted by Crippen LogP contribution is -2.30. The normalized spacial score (nSPS) is 10.2. The molecule has 1 amide bonds. The molecular formula is C15H13ClN2O3S. The van der Waals surface area contributed by atoms with Crippen LogP contribution in [0.25, 0.3) is 0 Å². The fraction of sp³-hybridized carbons (Fsp3) is 0.133. The van der Waals surface area contributed by atoms with E-state index in [0.717, 1.165) is 4.88 Å². The Hall–Kier alpha value is -2.18. The second-order valence-corrected chi connectivity index (χ2v) is 6.28. The van der Waals surface area contributed by atoms with Gasteiger partial charge in [-0.05, 0) is 24.3 Å². The van der Waals surface area contributed by atoms with Crippen LogP contribution in [-0.4, -0.2) is 22.3 Å². The smallest absolute Gasteiger partial charge is 0.269 e. The number of nitrogens with zero attached hydrogens (tertiary/aromatic N) is 2. The number of thiophene rings is 1. The average Bonchev–Trinajstić information content (AvgIpc) is 2.91. The van der Waals surface area contributed by atoms with Crippen LogP contribution in [0.4, 0.5) is 5.69 Å². The molecule has 2 aromatic rings. The lowest BCUT2D eigenvalue weighted by molar-refractivity contribution is -0.384. The number of halogens is 1. The van der Waals surface area contributed by atoms with Gasteiger partial charge in [-0.1, -0.05) is 17.7 Å². The number of nitro benzene ring substituents is 1. The Kier molecular flexibility index (Phi) is 5.30. The van der Waals surface area contributed by atoms with Crippen molar-refractivity contribution in [1.82, 2.24) is 4.90 Å². The van der Waals surface area contributed by atoms with E-state index in [4.69, 9.17) is 11.6 Å². The second kappa shape index (κ2) is 7.20. The summed E-state index contributed by atoms with van der Waals surface area (Å²) in [4.78, 5) is 25.2. The highest BCUT2D eigenvalue weighted by Crippen LogP contribution is 2.23. The number of hydrogen-bond donors (Lipinski definition) is 0. The van der Waals surface area contributed by atoms with E-state index in [1.165, 1.54) is 35.6 Å². The van der Waals surface area contributed by atoms with Crippen LogP contribution in [0.15, 0.2) is 49.1 Å². The van der Waals surface area contributed by atoms with Crippen molar-refractivity contribution in [3.8, 4) is 0 Å². The highest BCUT2D eigenvalue weighted by Gasteiger charge is 2.17. The zero-order valence-corrected chi connectivity index (χ0v) is 13.1. The fourth-order valence-corrected chi connectivity index (χ4v) is 3.01. The van der Waals surface area contributed by atoms with Gasteiger partial charge in [0, 0.05) is 29.1 Å². The molecule has 0 bridgehead atoms.